The van der Waals surface area contributed by atoms with E-state index in [0.29, 0.717) is 25.0 Å². The zero-order chi connectivity index (χ0) is 25.1. The molecule has 2 fully saturated rings. The van der Waals surface area contributed by atoms with Gasteiger partial charge in [-0.1, -0.05) is 12.1 Å². The highest BCUT2D eigenvalue weighted by Gasteiger charge is 2.46. The SMILES string of the molecule is Cc1ccsc1CN1CCC2(CC1)CN(C(=O)c1ccc(CN(CC(=N)N)Cc3ncc[nH]3)cc1)C2. The Labute approximate surface area is 216 Å². The summed E-state index contributed by atoms with van der Waals surface area (Å²) in [6, 6.07) is 10.1. The van der Waals surface area contributed by atoms with Gasteiger partial charge < -0.3 is 15.6 Å². The molecule has 1 aromatic carbocycles. The van der Waals surface area contributed by atoms with E-state index >= 15 is 0 Å². The van der Waals surface area contributed by atoms with Gasteiger partial charge in [0, 0.05) is 54.4 Å². The molecule has 1 amide bonds. The van der Waals surface area contributed by atoms with Gasteiger partial charge in [-0.25, -0.2) is 4.98 Å². The summed E-state index contributed by atoms with van der Waals surface area (Å²) in [4.78, 5) is 28.6. The summed E-state index contributed by atoms with van der Waals surface area (Å²) >= 11 is 1.86. The minimum atomic E-state index is 0.118. The highest BCUT2D eigenvalue weighted by Crippen LogP contribution is 2.41. The fourth-order valence-electron chi connectivity index (χ4n) is 5.38. The number of thiophene rings is 1. The van der Waals surface area contributed by atoms with Gasteiger partial charge in [0.25, 0.3) is 5.91 Å². The maximum Gasteiger partial charge on any atom is 0.253 e. The molecule has 9 heteroatoms. The zero-order valence-corrected chi connectivity index (χ0v) is 21.7. The molecule has 2 saturated heterocycles. The number of piperidine rings is 1. The quantitative estimate of drug-likeness (QED) is 0.305. The Morgan fingerprint density at radius 2 is 1.94 bits per heavy atom. The van der Waals surface area contributed by atoms with Gasteiger partial charge in [0.05, 0.1) is 13.1 Å². The van der Waals surface area contributed by atoms with Gasteiger partial charge in [-0.2, -0.15) is 0 Å². The molecule has 3 aromatic rings. The van der Waals surface area contributed by atoms with E-state index in [2.05, 4.69) is 38.1 Å². The maximum absolute atomic E-state index is 13.1. The van der Waals surface area contributed by atoms with Gasteiger partial charge in [0.1, 0.15) is 11.7 Å². The first-order valence-electron chi connectivity index (χ1n) is 12.6. The van der Waals surface area contributed by atoms with E-state index in [4.69, 9.17) is 11.1 Å². The average molecular weight is 506 g/mol. The standard InChI is InChI=1S/C27H35N7OS/c1-20-6-13-36-23(20)15-32-11-7-27(8-12-32)18-34(19-27)26(35)22-4-2-21(3-5-22)14-33(16-24(28)29)17-25-30-9-10-31-25/h2-6,9-10,13H,7-8,11-12,14-19H2,1H3,(H3,28,29)(H,30,31). The fourth-order valence-corrected chi connectivity index (χ4v) is 6.32. The molecule has 2 aromatic heterocycles. The fraction of sp³-hybridized carbons (Fsp3) is 0.444. The topological polar surface area (TPSA) is 105 Å². The Bertz CT molecular complexity index is 1170. The Balaban J connectivity index is 1.11. The van der Waals surface area contributed by atoms with E-state index in [-0.39, 0.29) is 11.7 Å². The number of aromatic amines is 1. The molecule has 0 aliphatic carbocycles. The number of aromatic nitrogens is 2. The van der Waals surface area contributed by atoms with Crippen LogP contribution in [0.2, 0.25) is 0 Å². The maximum atomic E-state index is 13.1. The van der Waals surface area contributed by atoms with Crippen molar-refractivity contribution < 1.29 is 4.79 Å². The number of carbonyl (C=O) groups excluding carboxylic acids is 1. The number of nitrogens with two attached hydrogens (primary N) is 1. The van der Waals surface area contributed by atoms with Crippen LogP contribution in [0.3, 0.4) is 0 Å². The number of aryl methyl sites for hydroxylation is 1. The third-order valence-corrected chi connectivity index (χ3v) is 8.53. The van der Waals surface area contributed by atoms with Crippen LogP contribution in [-0.2, 0) is 19.6 Å². The molecule has 4 N–H and O–H groups in total. The highest BCUT2D eigenvalue weighted by molar-refractivity contribution is 7.10. The van der Waals surface area contributed by atoms with E-state index in [9.17, 15) is 4.79 Å². The lowest BCUT2D eigenvalue weighted by Gasteiger charge is -2.54. The second kappa shape index (κ2) is 10.5. The Morgan fingerprint density at radius 3 is 2.56 bits per heavy atom. The van der Waals surface area contributed by atoms with Crippen LogP contribution in [-0.4, -0.2) is 69.1 Å². The molecule has 4 heterocycles. The number of carbonyl (C=O) groups is 1. The molecule has 5 rings (SSSR count). The molecule has 0 atom stereocenters. The van der Waals surface area contributed by atoms with Gasteiger partial charge in [0.15, 0.2) is 0 Å². The third-order valence-electron chi connectivity index (χ3n) is 7.52. The van der Waals surface area contributed by atoms with E-state index in [1.54, 1.807) is 12.4 Å². The number of amides is 1. The molecule has 0 radical (unpaired) electrons. The summed E-state index contributed by atoms with van der Waals surface area (Å²) < 4.78 is 0. The highest BCUT2D eigenvalue weighted by atomic mass is 32.1. The number of hydrogen-bond acceptors (Lipinski definition) is 6. The lowest BCUT2D eigenvalue weighted by molar-refractivity contribution is -0.0335. The van der Waals surface area contributed by atoms with E-state index in [0.717, 1.165) is 49.7 Å². The first-order chi connectivity index (χ1) is 17.4. The summed E-state index contributed by atoms with van der Waals surface area (Å²) in [5, 5.41) is 9.86. The number of amidine groups is 1. The molecule has 8 nitrogen and oxygen atoms in total. The van der Waals surface area contributed by atoms with Crippen LogP contribution in [0.15, 0.2) is 48.1 Å². The summed E-state index contributed by atoms with van der Waals surface area (Å²) in [6.07, 6.45) is 5.84. The number of imidazole rings is 1. The Morgan fingerprint density at radius 1 is 1.19 bits per heavy atom. The van der Waals surface area contributed by atoms with Crippen molar-refractivity contribution in [1.29, 1.82) is 5.41 Å². The summed E-state index contributed by atoms with van der Waals surface area (Å²) in [7, 11) is 0. The number of H-pyrrole nitrogens is 1. The number of rotatable bonds is 9. The van der Waals surface area contributed by atoms with Crippen LogP contribution in [0.5, 0.6) is 0 Å². The van der Waals surface area contributed by atoms with E-state index < -0.39 is 0 Å². The van der Waals surface area contributed by atoms with Gasteiger partial charge in [-0.05, 0) is 67.6 Å². The van der Waals surface area contributed by atoms with Crippen molar-refractivity contribution in [3.05, 3.63) is 75.5 Å². The first-order valence-corrected chi connectivity index (χ1v) is 13.4. The number of likely N-dealkylation sites (tertiary alicyclic amines) is 2. The van der Waals surface area contributed by atoms with Gasteiger partial charge in [0.2, 0.25) is 0 Å². The predicted molar refractivity (Wildman–Crippen MR) is 143 cm³/mol. The molecule has 2 aliphatic heterocycles. The molecule has 190 valence electrons. The van der Waals surface area contributed by atoms with Crippen molar-refractivity contribution in [2.75, 3.05) is 32.7 Å². The summed E-state index contributed by atoms with van der Waals surface area (Å²) in [5.74, 6) is 1.08. The van der Waals surface area contributed by atoms with E-state index in [1.165, 1.54) is 23.3 Å². The lowest BCUT2D eigenvalue weighted by atomic mass is 9.71. The molecular weight excluding hydrogens is 470 g/mol. The van der Waals surface area contributed by atoms with Crippen molar-refractivity contribution in [1.82, 2.24) is 24.7 Å². The van der Waals surface area contributed by atoms with Crippen molar-refractivity contribution in [2.45, 2.75) is 39.4 Å². The zero-order valence-electron chi connectivity index (χ0n) is 20.9. The smallest absolute Gasteiger partial charge is 0.253 e. The molecule has 36 heavy (non-hydrogen) atoms. The van der Waals surface area contributed by atoms with Crippen LogP contribution >= 0.6 is 11.3 Å². The summed E-state index contributed by atoms with van der Waals surface area (Å²) in [5.41, 5.74) is 9.17. The van der Waals surface area contributed by atoms with E-state index in [1.807, 2.05) is 40.5 Å². The molecule has 0 bridgehead atoms. The first kappa shape index (κ1) is 24.7. The second-order valence-corrected chi connectivity index (χ2v) is 11.4. The monoisotopic (exact) mass is 505 g/mol. The van der Waals surface area contributed by atoms with Crippen molar-refractivity contribution in [2.24, 2.45) is 11.1 Å². The average Bonchev–Trinajstić information content (AvgIpc) is 3.49. The van der Waals surface area contributed by atoms with Crippen LogP contribution in [0.25, 0.3) is 0 Å². The molecule has 0 unspecified atom stereocenters. The minimum absolute atomic E-state index is 0.118. The van der Waals surface area contributed by atoms with Crippen LogP contribution in [0, 0.1) is 17.7 Å². The van der Waals surface area contributed by atoms with Gasteiger partial charge in [-0.15, -0.1) is 11.3 Å². The predicted octanol–water partition coefficient (Wildman–Crippen LogP) is 3.46. The largest absolute Gasteiger partial charge is 0.387 e. The van der Waals surface area contributed by atoms with Gasteiger partial charge in [-0.3, -0.25) is 20.0 Å². The lowest BCUT2D eigenvalue weighted by Crippen LogP contribution is -2.61. The molecule has 0 saturated carbocycles. The minimum Gasteiger partial charge on any atom is -0.387 e. The normalized spacial score (nSPS) is 17.4. The third kappa shape index (κ3) is 5.69. The molecule has 1 spiro atoms. The van der Waals surface area contributed by atoms with Crippen molar-refractivity contribution >= 4 is 23.1 Å². The number of nitrogens with one attached hydrogen (secondary N) is 2. The van der Waals surface area contributed by atoms with Crippen molar-refractivity contribution in [3.8, 4) is 0 Å². The Hall–Kier alpha value is -3.01. The number of benzene rings is 1. The second-order valence-electron chi connectivity index (χ2n) is 10.4. The molecular formula is C27H35N7OS. The Kier molecular flexibility index (Phi) is 7.22. The van der Waals surface area contributed by atoms with Crippen LogP contribution < -0.4 is 5.73 Å². The number of nitrogens with zero attached hydrogens (tertiary/aromatic N) is 4. The van der Waals surface area contributed by atoms with Crippen LogP contribution in [0.4, 0.5) is 0 Å². The number of hydrogen-bond donors (Lipinski definition) is 3. The van der Waals surface area contributed by atoms with Crippen LogP contribution in [0.1, 0.15) is 45.0 Å². The van der Waals surface area contributed by atoms with Crippen molar-refractivity contribution in [3.63, 3.8) is 0 Å². The van der Waals surface area contributed by atoms with Gasteiger partial charge >= 0.3 is 0 Å². The molecule has 2 aliphatic rings. The summed E-state index contributed by atoms with van der Waals surface area (Å²) in [6.45, 7) is 8.79.